The molecule has 200 valence electrons. The Balaban J connectivity index is 1.34. The number of nitrogens with zero attached hydrogens (tertiary/aromatic N) is 2. The van der Waals surface area contributed by atoms with Crippen LogP contribution in [-0.4, -0.2) is 52.4 Å². The van der Waals surface area contributed by atoms with Gasteiger partial charge in [-0.05, 0) is 74.8 Å². The molecule has 1 saturated heterocycles. The first-order valence-corrected chi connectivity index (χ1v) is 13.5. The molecule has 0 atom stereocenters. The molecule has 5 rings (SSSR count). The predicted molar refractivity (Wildman–Crippen MR) is 144 cm³/mol. The maximum absolute atomic E-state index is 13.4. The third kappa shape index (κ3) is 5.68. The number of anilines is 2. The zero-order valence-electron chi connectivity index (χ0n) is 21.0. The van der Waals surface area contributed by atoms with E-state index in [1.54, 1.807) is 18.2 Å². The fourth-order valence-electron chi connectivity index (χ4n) is 5.36. The number of aromatic nitrogens is 1. The van der Waals surface area contributed by atoms with Crippen molar-refractivity contribution >= 4 is 51.8 Å². The van der Waals surface area contributed by atoms with Crippen LogP contribution in [0.25, 0.3) is 11.0 Å². The third-order valence-electron chi connectivity index (χ3n) is 7.44. The minimum absolute atomic E-state index is 0.0267. The SMILES string of the molecule is O=C(Nc1ccc(Cl)cn1)c1oc2ccc(CCO)cc2c1NC(=O)C1CCC(C(=O)N2CCCC2)CC1. The summed E-state index contributed by atoms with van der Waals surface area (Å²) in [6.07, 6.45) is 6.55. The van der Waals surface area contributed by atoms with Crippen LogP contribution >= 0.6 is 11.6 Å². The summed E-state index contributed by atoms with van der Waals surface area (Å²) in [5.74, 6) is -0.587. The Kier molecular flexibility index (Phi) is 7.95. The van der Waals surface area contributed by atoms with Crippen molar-refractivity contribution in [2.75, 3.05) is 30.3 Å². The van der Waals surface area contributed by atoms with E-state index in [1.807, 2.05) is 17.0 Å². The molecule has 0 bridgehead atoms. The van der Waals surface area contributed by atoms with E-state index in [1.165, 1.54) is 6.20 Å². The number of carbonyl (C=O) groups is 3. The number of halogens is 1. The number of rotatable bonds is 7. The lowest BCUT2D eigenvalue weighted by Gasteiger charge is -2.29. The molecule has 3 N–H and O–H groups in total. The number of benzene rings is 1. The number of pyridine rings is 1. The van der Waals surface area contributed by atoms with E-state index in [0.29, 0.717) is 53.9 Å². The van der Waals surface area contributed by atoms with E-state index in [-0.39, 0.29) is 41.7 Å². The number of carbonyl (C=O) groups excluding carboxylic acids is 3. The standard InChI is InChI=1S/C28H31ClN4O5/c29-20-8-10-23(30-16-20)31-27(36)25-24(21-15-17(11-14-34)3-9-22(21)38-25)32-26(35)18-4-6-19(7-5-18)28(37)33-12-1-2-13-33/h3,8-10,15-16,18-19,34H,1-2,4-7,11-14H2,(H,32,35)(H,30,31,36). The average molecular weight is 539 g/mol. The van der Waals surface area contributed by atoms with Gasteiger partial charge in [-0.1, -0.05) is 17.7 Å². The summed E-state index contributed by atoms with van der Waals surface area (Å²) >= 11 is 5.89. The molecule has 2 fully saturated rings. The van der Waals surface area contributed by atoms with Gasteiger partial charge in [0.1, 0.15) is 17.1 Å². The van der Waals surface area contributed by atoms with E-state index in [4.69, 9.17) is 16.0 Å². The first-order valence-electron chi connectivity index (χ1n) is 13.1. The molecule has 9 nitrogen and oxygen atoms in total. The Morgan fingerprint density at radius 1 is 1.03 bits per heavy atom. The normalized spacial score (nSPS) is 19.5. The van der Waals surface area contributed by atoms with Crippen LogP contribution < -0.4 is 10.6 Å². The van der Waals surface area contributed by atoms with E-state index < -0.39 is 5.91 Å². The van der Waals surface area contributed by atoms with Crippen LogP contribution in [0.3, 0.4) is 0 Å². The van der Waals surface area contributed by atoms with Crippen LogP contribution in [0, 0.1) is 11.8 Å². The van der Waals surface area contributed by atoms with Crippen molar-refractivity contribution in [3.63, 3.8) is 0 Å². The van der Waals surface area contributed by atoms with Crippen molar-refractivity contribution in [1.82, 2.24) is 9.88 Å². The molecule has 2 aliphatic rings. The van der Waals surface area contributed by atoms with Gasteiger partial charge >= 0.3 is 0 Å². The van der Waals surface area contributed by atoms with Gasteiger partial charge in [0.2, 0.25) is 17.6 Å². The lowest BCUT2D eigenvalue weighted by molar-refractivity contribution is -0.136. The van der Waals surface area contributed by atoms with Crippen molar-refractivity contribution in [1.29, 1.82) is 0 Å². The maximum Gasteiger partial charge on any atom is 0.294 e. The number of amides is 3. The van der Waals surface area contributed by atoms with Crippen molar-refractivity contribution in [2.45, 2.75) is 44.9 Å². The summed E-state index contributed by atoms with van der Waals surface area (Å²) in [5, 5.41) is 16.0. The molecule has 0 spiro atoms. The van der Waals surface area contributed by atoms with Crippen molar-refractivity contribution in [3.8, 4) is 0 Å². The Morgan fingerprint density at radius 2 is 1.76 bits per heavy atom. The fourth-order valence-corrected chi connectivity index (χ4v) is 5.47. The van der Waals surface area contributed by atoms with Gasteiger partial charge < -0.3 is 25.1 Å². The van der Waals surface area contributed by atoms with Crippen LogP contribution in [0.1, 0.15) is 54.6 Å². The minimum Gasteiger partial charge on any atom is -0.449 e. The van der Waals surface area contributed by atoms with Gasteiger partial charge in [-0.3, -0.25) is 14.4 Å². The molecule has 3 amide bonds. The highest BCUT2D eigenvalue weighted by Gasteiger charge is 2.34. The van der Waals surface area contributed by atoms with Gasteiger partial charge in [0, 0.05) is 43.1 Å². The molecule has 1 saturated carbocycles. The van der Waals surface area contributed by atoms with Crippen LogP contribution in [0.15, 0.2) is 40.9 Å². The highest BCUT2D eigenvalue weighted by Crippen LogP contribution is 2.36. The number of nitrogens with one attached hydrogen (secondary N) is 2. The molecule has 38 heavy (non-hydrogen) atoms. The van der Waals surface area contributed by atoms with E-state index in [9.17, 15) is 19.5 Å². The summed E-state index contributed by atoms with van der Waals surface area (Å²) in [7, 11) is 0. The second kappa shape index (κ2) is 11.5. The zero-order chi connectivity index (χ0) is 26.6. The first-order chi connectivity index (χ1) is 18.4. The highest BCUT2D eigenvalue weighted by molar-refractivity contribution is 6.30. The molecule has 3 aromatic rings. The summed E-state index contributed by atoms with van der Waals surface area (Å²) in [5.41, 5.74) is 1.58. The van der Waals surface area contributed by atoms with Gasteiger partial charge in [0.15, 0.2) is 0 Å². The van der Waals surface area contributed by atoms with Gasteiger partial charge in [0.25, 0.3) is 5.91 Å². The number of hydrogen-bond acceptors (Lipinski definition) is 6. The predicted octanol–water partition coefficient (Wildman–Crippen LogP) is 4.64. The Hall–Kier alpha value is -3.43. The van der Waals surface area contributed by atoms with Gasteiger partial charge in [-0.2, -0.15) is 0 Å². The molecular weight excluding hydrogens is 508 g/mol. The van der Waals surface area contributed by atoms with Crippen LogP contribution in [0.2, 0.25) is 5.02 Å². The van der Waals surface area contributed by atoms with Crippen LogP contribution in [-0.2, 0) is 16.0 Å². The van der Waals surface area contributed by atoms with Gasteiger partial charge in [-0.15, -0.1) is 0 Å². The number of fused-ring (bicyclic) bond motifs is 1. The van der Waals surface area contributed by atoms with Gasteiger partial charge in [-0.25, -0.2) is 4.98 Å². The monoisotopic (exact) mass is 538 g/mol. The minimum atomic E-state index is -0.560. The number of aliphatic hydroxyl groups is 1. The fraction of sp³-hybridized carbons (Fsp3) is 0.429. The Morgan fingerprint density at radius 3 is 2.45 bits per heavy atom. The summed E-state index contributed by atoms with van der Waals surface area (Å²) in [6.45, 7) is 1.64. The summed E-state index contributed by atoms with van der Waals surface area (Å²) in [4.78, 5) is 45.4. The first kappa shape index (κ1) is 26.2. The number of furan rings is 1. The molecule has 2 aromatic heterocycles. The van der Waals surface area contributed by atoms with Crippen LogP contribution in [0.5, 0.6) is 0 Å². The lowest BCUT2D eigenvalue weighted by atomic mass is 9.81. The zero-order valence-corrected chi connectivity index (χ0v) is 21.8. The van der Waals surface area contributed by atoms with Crippen molar-refractivity contribution in [3.05, 3.63) is 52.9 Å². The van der Waals surface area contributed by atoms with Gasteiger partial charge in [0.05, 0.1) is 5.02 Å². The van der Waals surface area contributed by atoms with Crippen molar-refractivity contribution in [2.24, 2.45) is 11.8 Å². The summed E-state index contributed by atoms with van der Waals surface area (Å²) < 4.78 is 5.89. The van der Waals surface area contributed by atoms with E-state index in [0.717, 1.165) is 31.5 Å². The molecule has 3 heterocycles. The average Bonchev–Trinajstić information content (AvgIpc) is 3.59. The quantitative estimate of drug-likeness (QED) is 0.402. The number of aliphatic hydroxyl groups excluding tert-OH is 1. The largest absolute Gasteiger partial charge is 0.449 e. The second-order valence-electron chi connectivity index (χ2n) is 10.00. The van der Waals surface area contributed by atoms with Crippen LogP contribution in [0.4, 0.5) is 11.5 Å². The molecule has 1 aromatic carbocycles. The molecule has 10 heteroatoms. The second-order valence-corrected chi connectivity index (χ2v) is 10.4. The Bertz CT molecular complexity index is 1330. The number of likely N-dealkylation sites (tertiary alicyclic amines) is 1. The third-order valence-corrected chi connectivity index (χ3v) is 7.66. The molecule has 1 aliphatic carbocycles. The molecule has 0 unspecified atom stereocenters. The summed E-state index contributed by atoms with van der Waals surface area (Å²) in [6, 6.07) is 8.53. The molecular formula is C28H31ClN4O5. The molecule has 1 aliphatic heterocycles. The Labute approximate surface area is 225 Å². The smallest absolute Gasteiger partial charge is 0.294 e. The lowest BCUT2D eigenvalue weighted by Crippen LogP contribution is -2.37. The maximum atomic E-state index is 13.4. The van der Waals surface area contributed by atoms with Crippen molar-refractivity contribution < 1.29 is 23.9 Å². The van der Waals surface area contributed by atoms with E-state index >= 15 is 0 Å². The highest BCUT2D eigenvalue weighted by atomic mass is 35.5. The molecule has 0 radical (unpaired) electrons. The topological polar surface area (TPSA) is 125 Å². The number of hydrogen-bond donors (Lipinski definition) is 3. The van der Waals surface area contributed by atoms with E-state index in [2.05, 4.69) is 15.6 Å².